The summed E-state index contributed by atoms with van der Waals surface area (Å²) in [5.74, 6) is 1.22. The van der Waals surface area contributed by atoms with Gasteiger partial charge < -0.3 is 10.4 Å². The van der Waals surface area contributed by atoms with Gasteiger partial charge in [0.05, 0.1) is 17.0 Å². The van der Waals surface area contributed by atoms with E-state index in [0.29, 0.717) is 24.1 Å². The smallest absolute Gasteiger partial charge is 0.256 e. The molecule has 3 fully saturated rings. The minimum absolute atomic E-state index is 0.0703. The van der Waals surface area contributed by atoms with E-state index in [1.54, 1.807) is 31.3 Å². The van der Waals surface area contributed by atoms with Crippen LogP contribution < -0.4 is 5.32 Å². The van der Waals surface area contributed by atoms with E-state index in [1.807, 2.05) is 0 Å². The maximum atomic E-state index is 13.3. The molecule has 2 heterocycles. The van der Waals surface area contributed by atoms with Gasteiger partial charge in [-0.1, -0.05) is 6.07 Å². The molecular formula is C20H22N4O4S. The summed E-state index contributed by atoms with van der Waals surface area (Å²) in [5, 5.41) is 13.2. The number of benzene rings is 1. The lowest BCUT2D eigenvalue weighted by molar-refractivity contribution is 0.0731. The van der Waals surface area contributed by atoms with Gasteiger partial charge in [-0.15, -0.1) is 0 Å². The minimum Gasteiger partial charge on any atom is -0.391 e. The van der Waals surface area contributed by atoms with Gasteiger partial charge in [-0.05, 0) is 61.8 Å². The monoisotopic (exact) mass is 414 g/mol. The van der Waals surface area contributed by atoms with Crippen LogP contribution >= 0.6 is 0 Å². The van der Waals surface area contributed by atoms with E-state index in [-0.39, 0.29) is 28.3 Å². The van der Waals surface area contributed by atoms with E-state index in [2.05, 4.69) is 15.3 Å². The number of hydrogen-bond donors (Lipinski definition) is 2. The molecule has 8 nitrogen and oxygen atoms in total. The number of aryl methyl sites for hydroxylation is 1. The van der Waals surface area contributed by atoms with Crippen molar-refractivity contribution in [1.29, 1.82) is 0 Å². The van der Waals surface area contributed by atoms with Crippen molar-refractivity contribution in [3.63, 3.8) is 0 Å². The van der Waals surface area contributed by atoms with Crippen LogP contribution in [0, 0.1) is 24.7 Å². The number of carbonyl (C=O) groups excluding carboxylic acids is 1. The van der Waals surface area contributed by atoms with Crippen molar-refractivity contribution in [1.82, 2.24) is 14.3 Å². The average molecular weight is 414 g/mol. The van der Waals surface area contributed by atoms with Crippen LogP contribution in [0.15, 0.2) is 41.4 Å². The summed E-state index contributed by atoms with van der Waals surface area (Å²) in [4.78, 5) is 20.8. The van der Waals surface area contributed by atoms with Crippen molar-refractivity contribution in [2.45, 2.75) is 36.8 Å². The number of nitrogens with zero attached hydrogens (tertiary/aromatic N) is 3. The van der Waals surface area contributed by atoms with E-state index in [0.717, 1.165) is 12.8 Å². The Bertz CT molecular complexity index is 1090. The number of hydrogen-bond acceptors (Lipinski definition) is 6. The van der Waals surface area contributed by atoms with Crippen molar-refractivity contribution in [3.05, 3.63) is 47.9 Å². The number of aromatic nitrogens is 2. The molecule has 2 bridgehead atoms. The zero-order valence-electron chi connectivity index (χ0n) is 15.9. The third-order valence-electron chi connectivity index (χ3n) is 6.52. The number of rotatable bonds is 4. The average Bonchev–Trinajstić information content (AvgIpc) is 3.31. The third-order valence-corrected chi connectivity index (χ3v) is 8.38. The highest BCUT2D eigenvalue weighted by Crippen LogP contribution is 2.56. The zero-order chi connectivity index (χ0) is 20.3. The van der Waals surface area contributed by atoms with Crippen LogP contribution in [0.3, 0.4) is 0 Å². The Morgan fingerprint density at radius 3 is 2.83 bits per heavy atom. The van der Waals surface area contributed by atoms with Gasteiger partial charge in [0.25, 0.3) is 5.91 Å². The summed E-state index contributed by atoms with van der Waals surface area (Å²) >= 11 is 0. The maximum absolute atomic E-state index is 13.3. The first-order valence-corrected chi connectivity index (χ1v) is 11.2. The first kappa shape index (κ1) is 18.7. The van der Waals surface area contributed by atoms with E-state index in [1.165, 1.54) is 16.4 Å². The van der Waals surface area contributed by atoms with Gasteiger partial charge in [-0.2, -0.15) is 4.31 Å². The van der Waals surface area contributed by atoms with E-state index >= 15 is 0 Å². The van der Waals surface area contributed by atoms with Crippen LogP contribution in [-0.4, -0.2) is 52.4 Å². The number of nitrogens with one attached hydrogen (secondary N) is 1. The van der Waals surface area contributed by atoms with Crippen molar-refractivity contribution < 1.29 is 18.3 Å². The van der Waals surface area contributed by atoms with Gasteiger partial charge in [0.1, 0.15) is 11.6 Å². The molecule has 0 radical (unpaired) electrons. The van der Waals surface area contributed by atoms with Crippen LogP contribution in [0.4, 0.5) is 5.82 Å². The predicted octanol–water partition coefficient (Wildman–Crippen LogP) is 1.43. The number of aliphatic hydroxyl groups excluding tert-OH is 1. The molecule has 152 valence electrons. The fourth-order valence-corrected chi connectivity index (χ4v) is 7.07. The largest absolute Gasteiger partial charge is 0.391 e. The standard InChI is InChI=1S/C20H22N4O4S/c1-11-21-6-5-17(22-11)23-20(26)12-3-2-4-15(8-12)29(27,28)24-10-14-7-13-9-16(14)18(24)19(13)25/h2-6,8,13-14,16,18-19,25H,7,9-10H2,1H3,(H,21,22,23,26)/t13-,14-,16+,18-,19+/m0/s1. The molecule has 2 N–H and O–H groups in total. The number of amides is 1. The topological polar surface area (TPSA) is 112 Å². The second-order valence-corrected chi connectivity index (χ2v) is 10.1. The Morgan fingerprint density at radius 1 is 1.24 bits per heavy atom. The number of aliphatic hydroxyl groups is 1. The van der Waals surface area contributed by atoms with Gasteiger partial charge in [0.15, 0.2) is 0 Å². The lowest BCUT2D eigenvalue weighted by Gasteiger charge is -2.28. The Morgan fingerprint density at radius 2 is 2.07 bits per heavy atom. The zero-order valence-corrected chi connectivity index (χ0v) is 16.7. The molecule has 29 heavy (non-hydrogen) atoms. The molecule has 2 aliphatic carbocycles. The first-order valence-electron chi connectivity index (χ1n) is 9.75. The molecule has 1 aromatic carbocycles. The molecule has 0 spiro atoms. The highest BCUT2D eigenvalue weighted by atomic mass is 32.2. The van der Waals surface area contributed by atoms with E-state index < -0.39 is 22.0 Å². The van der Waals surface area contributed by atoms with Gasteiger partial charge in [0.2, 0.25) is 10.0 Å². The molecule has 9 heteroatoms. The van der Waals surface area contributed by atoms with Gasteiger partial charge in [-0.3, -0.25) is 4.79 Å². The second-order valence-electron chi connectivity index (χ2n) is 8.18. The van der Waals surface area contributed by atoms with Crippen LogP contribution in [0.2, 0.25) is 0 Å². The minimum atomic E-state index is -3.80. The molecule has 2 aromatic rings. The van der Waals surface area contributed by atoms with Crippen LogP contribution in [0.5, 0.6) is 0 Å². The highest BCUT2D eigenvalue weighted by molar-refractivity contribution is 7.89. The molecule has 1 aromatic heterocycles. The van der Waals surface area contributed by atoms with Crippen LogP contribution in [-0.2, 0) is 10.0 Å². The quantitative estimate of drug-likeness (QED) is 0.783. The fraction of sp³-hybridized carbons (Fsp3) is 0.450. The molecule has 3 aliphatic rings. The lowest BCUT2D eigenvalue weighted by Crippen LogP contribution is -2.43. The summed E-state index contributed by atoms with van der Waals surface area (Å²) in [7, 11) is -3.80. The molecule has 1 aliphatic heterocycles. The summed E-state index contributed by atoms with van der Waals surface area (Å²) in [6.45, 7) is 2.16. The molecule has 5 rings (SSSR count). The molecule has 2 saturated carbocycles. The molecule has 1 saturated heterocycles. The predicted molar refractivity (Wildman–Crippen MR) is 105 cm³/mol. The number of sulfonamides is 1. The van der Waals surface area contributed by atoms with Crippen LogP contribution in [0.1, 0.15) is 29.0 Å². The van der Waals surface area contributed by atoms with Crippen molar-refractivity contribution in [2.75, 3.05) is 11.9 Å². The Labute approximate surface area is 169 Å². The summed E-state index contributed by atoms with van der Waals surface area (Å²) in [6, 6.07) is 7.24. The third kappa shape index (κ3) is 2.95. The highest BCUT2D eigenvalue weighted by Gasteiger charge is 2.61. The Kier molecular flexibility index (Phi) is 4.23. The summed E-state index contributed by atoms with van der Waals surface area (Å²) in [5.41, 5.74) is 0.231. The van der Waals surface area contributed by atoms with Crippen molar-refractivity contribution in [2.24, 2.45) is 17.8 Å². The fourth-order valence-electron chi connectivity index (χ4n) is 5.28. The Hall–Kier alpha value is -2.36. The maximum Gasteiger partial charge on any atom is 0.256 e. The van der Waals surface area contributed by atoms with Gasteiger partial charge in [-0.25, -0.2) is 18.4 Å². The first-order chi connectivity index (χ1) is 13.8. The second kappa shape index (κ2) is 6.58. The SMILES string of the molecule is Cc1nccc(NC(=O)c2cccc(S(=O)(=O)N3C[C@@H]4C[C@H]5C[C@H]4[C@H]3[C@@H]5O)c2)n1. The normalized spacial score (nSPS) is 30.6. The number of anilines is 1. The lowest BCUT2D eigenvalue weighted by atomic mass is 9.88. The van der Waals surface area contributed by atoms with E-state index in [4.69, 9.17) is 0 Å². The summed E-state index contributed by atoms with van der Waals surface area (Å²) < 4.78 is 28.1. The van der Waals surface area contributed by atoms with E-state index in [9.17, 15) is 18.3 Å². The number of carbonyl (C=O) groups is 1. The van der Waals surface area contributed by atoms with Crippen molar-refractivity contribution in [3.8, 4) is 0 Å². The summed E-state index contributed by atoms with van der Waals surface area (Å²) in [6.07, 6.45) is 2.75. The molecular weight excluding hydrogens is 392 g/mol. The molecule has 1 amide bonds. The van der Waals surface area contributed by atoms with Crippen LogP contribution in [0.25, 0.3) is 0 Å². The van der Waals surface area contributed by atoms with Crippen molar-refractivity contribution >= 4 is 21.7 Å². The molecule has 0 unspecified atom stereocenters. The van der Waals surface area contributed by atoms with Gasteiger partial charge in [0, 0.05) is 18.3 Å². The Balaban J connectivity index is 1.41. The number of fused-ring (bicyclic) bond motifs is 1. The molecule has 5 atom stereocenters. The van der Waals surface area contributed by atoms with Gasteiger partial charge >= 0.3 is 0 Å².